The fourth-order valence-electron chi connectivity index (χ4n) is 10.8. The highest BCUT2D eigenvalue weighted by molar-refractivity contribution is 6.13. The molecule has 1 aliphatic rings. The van der Waals surface area contributed by atoms with E-state index in [-0.39, 0.29) is 5.41 Å². The minimum atomic E-state index is -0.488. The van der Waals surface area contributed by atoms with Crippen molar-refractivity contribution >= 4 is 48.8 Å². The summed E-state index contributed by atoms with van der Waals surface area (Å²) >= 11 is 0. The Morgan fingerprint density at radius 1 is 0.629 bits per heavy atom. The second-order valence-electron chi connectivity index (χ2n) is 20.0. The topological polar surface area (TPSA) is 3.24 Å². The summed E-state index contributed by atoms with van der Waals surface area (Å²) in [7, 11) is 2.17. The van der Waals surface area contributed by atoms with Crippen molar-refractivity contribution in [3.8, 4) is 0 Å². The van der Waals surface area contributed by atoms with Crippen molar-refractivity contribution in [2.45, 2.75) is 84.5 Å². The monoisotopic (exact) mass is 807 g/mol. The lowest BCUT2D eigenvalue weighted by atomic mass is 9.62. The Hall–Kier alpha value is -6.18. The van der Waals surface area contributed by atoms with E-state index in [1.807, 2.05) is 0 Å². The predicted molar refractivity (Wildman–Crippen MR) is 270 cm³/mol. The number of rotatable bonds is 6. The zero-order chi connectivity index (χ0) is 43.7. The van der Waals surface area contributed by atoms with Gasteiger partial charge in [0.2, 0.25) is 0 Å². The number of allylic oxidation sites excluding steroid dienone is 3. The third kappa shape index (κ3) is 6.87. The highest BCUT2D eigenvalue weighted by atomic mass is 15.1. The first-order chi connectivity index (χ1) is 29.6. The van der Waals surface area contributed by atoms with E-state index in [2.05, 4.69) is 219 Å². The third-order valence-corrected chi connectivity index (χ3v) is 14.3. The van der Waals surface area contributed by atoms with Crippen molar-refractivity contribution in [3.05, 3.63) is 221 Å². The van der Waals surface area contributed by atoms with Gasteiger partial charge in [-0.3, -0.25) is 0 Å². The van der Waals surface area contributed by atoms with Gasteiger partial charge < -0.3 is 4.90 Å². The Balaban J connectivity index is 1.29. The van der Waals surface area contributed by atoms with Crippen LogP contribution in [0.2, 0.25) is 0 Å². The zero-order valence-corrected chi connectivity index (χ0v) is 38.3. The van der Waals surface area contributed by atoms with E-state index in [1.54, 1.807) is 0 Å². The lowest BCUT2D eigenvalue weighted by molar-refractivity contribution is 0.500. The van der Waals surface area contributed by atoms with Crippen LogP contribution in [0.4, 0.5) is 5.69 Å². The maximum Gasteiger partial charge on any atom is 0.0494 e. The highest BCUT2D eigenvalue weighted by Gasteiger charge is 2.40. The normalized spacial score (nSPS) is 17.2. The van der Waals surface area contributed by atoms with Crippen LogP contribution in [0.1, 0.15) is 93.8 Å². The van der Waals surface area contributed by atoms with Crippen molar-refractivity contribution in [1.82, 2.24) is 0 Å². The molecule has 0 saturated carbocycles. The molecule has 0 heterocycles. The molecule has 8 aromatic carbocycles. The second kappa shape index (κ2) is 15.3. The number of fused-ring (bicyclic) bond motifs is 7. The summed E-state index contributed by atoms with van der Waals surface area (Å²) in [6.45, 7) is 28.8. The smallest absolute Gasteiger partial charge is 0.0494 e. The van der Waals surface area contributed by atoms with Gasteiger partial charge in [0.15, 0.2) is 0 Å². The molecule has 9 rings (SSSR count). The van der Waals surface area contributed by atoms with E-state index in [0.717, 1.165) is 24.2 Å². The molecule has 0 saturated heterocycles. The van der Waals surface area contributed by atoms with Crippen molar-refractivity contribution in [2.75, 3.05) is 11.9 Å². The maximum absolute atomic E-state index is 4.87. The van der Waals surface area contributed by atoms with Crippen molar-refractivity contribution in [2.24, 2.45) is 5.92 Å². The Morgan fingerprint density at radius 3 is 1.77 bits per heavy atom. The number of anilines is 1. The van der Waals surface area contributed by atoms with E-state index in [9.17, 15) is 0 Å². The van der Waals surface area contributed by atoms with Crippen LogP contribution in [-0.4, -0.2) is 7.05 Å². The molecule has 2 atom stereocenters. The zero-order valence-electron chi connectivity index (χ0n) is 38.3. The Bertz CT molecular complexity index is 3110. The summed E-state index contributed by atoms with van der Waals surface area (Å²) in [4.78, 5) is 2.28. The molecule has 0 N–H and O–H groups in total. The summed E-state index contributed by atoms with van der Waals surface area (Å²) in [5, 5.41) is 10.1. The minimum absolute atomic E-state index is 0.101. The first-order valence-corrected chi connectivity index (χ1v) is 22.5. The molecular weight excluding hydrogens is 747 g/mol. The Morgan fingerprint density at radius 2 is 1.16 bits per heavy atom. The maximum atomic E-state index is 4.87. The van der Waals surface area contributed by atoms with Crippen LogP contribution < -0.4 is 4.90 Å². The third-order valence-electron chi connectivity index (χ3n) is 14.3. The number of benzene rings is 8. The van der Waals surface area contributed by atoms with Crippen LogP contribution in [0.25, 0.3) is 43.1 Å². The fourth-order valence-corrected chi connectivity index (χ4v) is 10.8. The van der Waals surface area contributed by atoms with Crippen molar-refractivity contribution < 1.29 is 0 Å². The van der Waals surface area contributed by atoms with Crippen LogP contribution in [-0.2, 0) is 22.7 Å². The number of aryl methyl sites for hydroxylation is 1. The molecule has 0 aromatic heterocycles. The average Bonchev–Trinajstić information content (AvgIpc) is 3.26. The van der Waals surface area contributed by atoms with Gasteiger partial charge in [0.25, 0.3) is 0 Å². The Labute approximate surface area is 370 Å². The van der Waals surface area contributed by atoms with Crippen LogP contribution in [0.15, 0.2) is 182 Å². The van der Waals surface area contributed by atoms with Gasteiger partial charge in [-0.15, -0.1) is 0 Å². The summed E-state index contributed by atoms with van der Waals surface area (Å²) in [6, 6.07) is 54.6. The summed E-state index contributed by atoms with van der Waals surface area (Å²) in [5.41, 5.74) is 13.0. The summed E-state index contributed by atoms with van der Waals surface area (Å²) in [6.07, 6.45) is 4.29. The molecule has 0 spiro atoms. The molecule has 1 heteroatoms. The number of hydrogen-bond donors (Lipinski definition) is 0. The number of nitrogens with zero attached hydrogens (tertiary/aromatic N) is 1. The van der Waals surface area contributed by atoms with Crippen molar-refractivity contribution in [3.63, 3.8) is 0 Å². The van der Waals surface area contributed by atoms with Gasteiger partial charge in [0.05, 0.1) is 0 Å². The van der Waals surface area contributed by atoms with E-state index >= 15 is 0 Å². The SMILES string of the molecule is C=C1CC(C)Cc2c(C(C)(C)C)cc(C(C)(c3ccc(C)cc3)c3cc4ccccc4c4ccccc34)cc2C(C)(C)C1=CC(=C)N(C)c1cc2ccccc2c2ccccc12. The molecule has 62 heavy (non-hydrogen) atoms. The molecule has 310 valence electrons. The van der Waals surface area contributed by atoms with E-state index < -0.39 is 10.8 Å². The van der Waals surface area contributed by atoms with Gasteiger partial charge >= 0.3 is 0 Å². The summed E-state index contributed by atoms with van der Waals surface area (Å²) < 4.78 is 0. The van der Waals surface area contributed by atoms with Crippen LogP contribution in [0.3, 0.4) is 0 Å². The van der Waals surface area contributed by atoms with Gasteiger partial charge in [-0.25, -0.2) is 0 Å². The molecule has 0 bridgehead atoms. The quantitative estimate of drug-likeness (QED) is 0.119. The molecule has 0 fully saturated rings. The van der Waals surface area contributed by atoms with E-state index in [4.69, 9.17) is 13.2 Å². The summed E-state index contributed by atoms with van der Waals surface area (Å²) in [5.74, 6) is 0.413. The van der Waals surface area contributed by atoms with E-state index in [0.29, 0.717) is 5.92 Å². The first-order valence-electron chi connectivity index (χ1n) is 22.5. The second-order valence-corrected chi connectivity index (χ2v) is 20.0. The van der Waals surface area contributed by atoms with Gasteiger partial charge in [-0.1, -0.05) is 199 Å². The largest absolute Gasteiger partial charge is 0.345 e. The number of hydrogen-bond acceptors (Lipinski definition) is 1. The first kappa shape index (κ1) is 41.2. The molecule has 0 radical (unpaired) electrons. The molecular formula is C61H61N. The molecule has 0 amide bonds. The predicted octanol–water partition coefficient (Wildman–Crippen LogP) is 16.3. The molecule has 0 aliphatic heterocycles. The molecule has 8 aromatic rings. The molecule has 1 aliphatic carbocycles. The van der Waals surface area contributed by atoms with Crippen molar-refractivity contribution in [1.29, 1.82) is 0 Å². The lowest BCUT2D eigenvalue weighted by Gasteiger charge is -2.42. The van der Waals surface area contributed by atoms with Gasteiger partial charge in [0, 0.05) is 34.6 Å². The molecule has 2 unspecified atom stereocenters. The van der Waals surface area contributed by atoms with Gasteiger partial charge in [-0.2, -0.15) is 0 Å². The standard InChI is InChI=1S/C61H61N/c1-39-28-30-45(31-29-39)61(10,57-35-43-20-12-14-22-47(43)49-24-16-18-26-51(49)57)46-37-55(59(5,6)7)53-33-40(2)32-41(3)54(60(8,9)56(53)38-46)34-42(4)62(11)58-36-44-21-13-15-23-48(44)50-25-17-19-27-52(50)58/h12-31,34-38,40H,3-4,32-33H2,1-2,5-11H3. The Kier molecular flexibility index (Phi) is 10.2. The fraction of sp³-hybridized carbons (Fsp3) is 0.246. The average molecular weight is 808 g/mol. The van der Waals surface area contributed by atoms with E-state index in [1.165, 1.54) is 93.2 Å². The van der Waals surface area contributed by atoms with Crippen LogP contribution in [0.5, 0.6) is 0 Å². The minimum Gasteiger partial charge on any atom is -0.345 e. The number of likely N-dealkylation sites (N-methyl/N-ethyl adjacent to an activating group) is 1. The highest BCUT2D eigenvalue weighted by Crippen LogP contribution is 2.51. The van der Waals surface area contributed by atoms with Gasteiger partial charge in [0.1, 0.15) is 0 Å². The van der Waals surface area contributed by atoms with Crippen LogP contribution >= 0.6 is 0 Å². The molecule has 1 nitrogen and oxygen atoms in total. The van der Waals surface area contributed by atoms with Gasteiger partial charge in [-0.05, 0) is 133 Å². The van der Waals surface area contributed by atoms with Crippen LogP contribution in [0, 0.1) is 12.8 Å². The lowest BCUT2D eigenvalue weighted by Crippen LogP contribution is -2.33.